The lowest BCUT2D eigenvalue weighted by atomic mass is 10.1. The third-order valence-corrected chi connectivity index (χ3v) is 6.12. The summed E-state index contributed by atoms with van der Waals surface area (Å²) in [6.07, 6.45) is 2.97. The summed E-state index contributed by atoms with van der Waals surface area (Å²) in [4.78, 5) is 12.8. The maximum atomic E-state index is 12.8. The Labute approximate surface area is 167 Å². The van der Waals surface area contributed by atoms with Gasteiger partial charge in [-0.15, -0.1) is 4.40 Å². The highest BCUT2D eigenvalue weighted by molar-refractivity contribution is 7.88. The third-order valence-electron chi connectivity index (χ3n) is 4.81. The van der Waals surface area contributed by atoms with Gasteiger partial charge in [0, 0.05) is 31.9 Å². The molecule has 1 N–H and O–H groups in total. The second kappa shape index (κ2) is 6.92. The highest BCUT2D eigenvalue weighted by Crippen LogP contribution is 2.32. The van der Waals surface area contributed by atoms with Crippen molar-refractivity contribution in [3.05, 3.63) is 53.0 Å². The summed E-state index contributed by atoms with van der Waals surface area (Å²) < 4.78 is 41.8. The van der Waals surface area contributed by atoms with Crippen LogP contribution in [0.1, 0.15) is 16.8 Å². The number of aromatic nitrogens is 2. The molecular weight excluding hydrogens is 398 g/mol. The number of hydrogen-bond donors (Lipinski definition) is 1. The van der Waals surface area contributed by atoms with Gasteiger partial charge in [0.25, 0.3) is 5.91 Å². The van der Waals surface area contributed by atoms with Gasteiger partial charge in [-0.25, -0.2) is 4.31 Å². The molecule has 0 aliphatic carbocycles. The maximum Gasteiger partial charge on any atom is 0.345 e. The van der Waals surface area contributed by atoms with E-state index in [4.69, 9.17) is 9.47 Å². The zero-order valence-corrected chi connectivity index (χ0v) is 16.9. The molecule has 11 heteroatoms. The van der Waals surface area contributed by atoms with Crippen molar-refractivity contribution < 1.29 is 22.7 Å². The Bertz CT molecular complexity index is 1170. The number of ether oxygens (including phenoxy) is 2. The summed E-state index contributed by atoms with van der Waals surface area (Å²) in [7, 11) is -1.00. The summed E-state index contributed by atoms with van der Waals surface area (Å²) >= 11 is 0. The van der Waals surface area contributed by atoms with E-state index in [1.165, 1.54) is 19.3 Å². The van der Waals surface area contributed by atoms with Crippen LogP contribution in [0.4, 0.5) is 0 Å². The summed E-state index contributed by atoms with van der Waals surface area (Å²) in [5, 5.41) is 6.84. The molecule has 2 aromatic rings. The van der Waals surface area contributed by atoms with E-state index in [-0.39, 0.29) is 24.7 Å². The molecule has 0 unspecified atom stereocenters. The lowest BCUT2D eigenvalue weighted by molar-refractivity contribution is -0.118. The molecule has 2 aliphatic heterocycles. The fourth-order valence-electron chi connectivity index (χ4n) is 2.97. The number of hydrogen-bond acceptors (Lipinski definition) is 6. The number of amides is 1. The molecule has 0 spiro atoms. The largest absolute Gasteiger partial charge is 0.454 e. The molecule has 0 saturated carbocycles. The normalized spacial score (nSPS) is 17.0. The number of allylic oxidation sites excluding steroid dienone is 1. The van der Waals surface area contributed by atoms with Crippen LogP contribution in [0.5, 0.6) is 11.5 Å². The lowest BCUT2D eigenvalue weighted by Crippen LogP contribution is -2.38. The minimum Gasteiger partial charge on any atom is -0.454 e. The number of benzene rings is 1. The number of rotatable bonds is 4. The van der Waals surface area contributed by atoms with Gasteiger partial charge in [0.2, 0.25) is 6.79 Å². The Hall–Kier alpha value is -3.34. The maximum absolute atomic E-state index is 12.8. The molecule has 10 nitrogen and oxygen atoms in total. The number of aryl methyl sites for hydroxylation is 1. The quantitative estimate of drug-likeness (QED) is 0.781. The van der Waals surface area contributed by atoms with Crippen LogP contribution >= 0.6 is 0 Å². The van der Waals surface area contributed by atoms with E-state index in [9.17, 15) is 13.2 Å². The van der Waals surface area contributed by atoms with Crippen molar-refractivity contribution in [1.82, 2.24) is 19.4 Å². The first-order valence-corrected chi connectivity index (χ1v) is 10.1. The van der Waals surface area contributed by atoms with E-state index in [1.54, 1.807) is 36.9 Å². The van der Waals surface area contributed by atoms with E-state index in [0.29, 0.717) is 17.1 Å². The molecule has 0 atom stereocenters. The van der Waals surface area contributed by atoms with Gasteiger partial charge in [0.1, 0.15) is 5.70 Å². The molecule has 4 rings (SSSR count). The average Bonchev–Trinajstić information content (AvgIpc) is 3.28. The zero-order valence-electron chi connectivity index (χ0n) is 16.0. The van der Waals surface area contributed by atoms with E-state index in [2.05, 4.69) is 14.8 Å². The molecule has 29 heavy (non-hydrogen) atoms. The standard InChI is InChI=1S/C18H19N5O5S/c1-11-13(9-20-22(11)2)14-7-15(23(3)29(25,26)21-14)18(24)19-8-12-4-5-16-17(6-12)28-10-27-16/h4-7,9H,8,10H2,1-3H3,(H,19,24). The van der Waals surface area contributed by atoms with Crippen molar-refractivity contribution in [1.29, 1.82) is 0 Å². The number of likely N-dealkylation sites (N-methyl/N-ethyl adjacent to an activating group) is 1. The first-order chi connectivity index (χ1) is 13.8. The van der Waals surface area contributed by atoms with Gasteiger partial charge in [-0.3, -0.25) is 9.48 Å². The van der Waals surface area contributed by atoms with Crippen molar-refractivity contribution >= 4 is 21.8 Å². The highest BCUT2D eigenvalue weighted by atomic mass is 32.2. The topological polar surface area (TPSA) is 115 Å². The van der Waals surface area contributed by atoms with Crippen molar-refractivity contribution in [2.75, 3.05) is 13.8 Å². The van der Waals surface area contributed by atoms with Crippen molar-refractivity contribution in [3.63, 3.8) is 0 Å². The fraction of sp³-hybridized carbons (Fsp3) is 0.278. The van der Waals surface area contributed by atoms with Crippen LogP contribution in [-0.2, 0) is 28.6 Å². The first-order valence-electron chi connectivity index (χ1n) is 8.72. The van der Waals surface area contributed by atoms with Gasteiger partial charge in [0.05, 0.1) is 11.9 Å². The van der Waals surface area contributed by atoms with Crippen LogP contribution in [0.25, 0.3) is 0 Å². The lowest BCUT2D eigenvalue weighted by Gasteiger charge is -2.23. The van der Waals surface area contributed by atoms with Gasteiger partial charge in [-0.2, -0.15) is 13.5 Å². The first kappa shape index (κ1) is 19.0. The Balaban J connectivity index is 1.57. The average molecular weight is 417 g/mol. The van der Waals surface area contributed by atoms with Crippen LogP contribution in [-0.4, -0.2) is 48.0 Å². The van der Waals surface area contributed by atoms with Crippen molar-refractivity contribution in [3.8, 4) is 11.5 Å². The second-order valence-electron chi connectivity index (χ2n) is 6.59. The van der Waals surface area contributed by atoms with Crippen LogP contribution in [0, 0.1) is 6.92 Å². The minimum atomic E-state index is -4.03. The van der Waals surface area contributed by atoms with Crippen molar-refractivity contribution in [2.45, 2.75) is 13.5 Å². The Morgan fingerprint density at radius 3 is 2.72 bits per heavy atom. The molecule has 152 valence electrons. The van der Waals surface area contributed by atoms with Gasteiger partial charge < -0.3 is 14.8 Å². The summed E-state index contributed by atoms with van der Waals surface area (Å²) in [5.74, 6) is 0.714. The zero-order chi connectivity index (χ0) is 20.8. The Morgan fingerprint density at radius 2 is 2.00 bits per heavy atom. The molecule has 1 amide bonds. The molecular formula is C18H19N5O5S. The van der Waals surface area contributed by atoms with Gasteiger partial charge >= 0.3 is 10.2 Å². The van der Waals surface area contributed by atoms with E-state index in [0.717, 1.165) is 15.6 Å². The predicted octanol–water partition coefficient (Wildman–Crippen LogP) is 0.637. The monoisotopic (exact) mass is 417 g/mol. The SMILES string of the molecule is Cc1c(C2=NS(=O)(=O)N(C)C(C(=O)NCc3ccc4c(c3)OCO4)=C2)cnn1C. The molecule has 2 aliphatic rings. The number of nitrogens with zero attached hydrogens (tertiary/aromatic N) is 4. The molecule has 1 aromatic heterocycles. The number of fused-ring (bicyclic) bond motifs is 1. The van der Waals surface area contributed by atoms with E-state index < -0.39 is 16.1 Å². The summed E-state index contributed by atoms with van der Waals surface area (Å²) in [6, 6.07) is 5.33. The molecule has 0 fully saturated rings. The smallest absolute Gasteiger partial charge is 0.345 e. The number of carbonyl (C=O) groups excluding carboxylic acids is 1. The van der Waals surface area contributed by atoms with E-state index >= 15 is 0 Å². The molecule has 0 radical (unpaired) electrons. The van der Waals surface area contributed by atoms with Gasteiger partial charge in [-0.05, 0) is 30.7 Å². The Kier molecular flexibility index (Phi) is 4.53. The molecule has 0 bridgehead atoms. The van der Waals surface area contributed by atoms with Crippen LogP contribution in [0.3, 0.4) is 0 Å². The van der Waals surface area contributed by atoms with E-state index in [1.807, 2.05) is 0 Å². The number of carbonyl (C=O) groups is 1. The summed E-state index contributed by atoms with van der Waals surface area (Å²) in [6.45, 7) is 2.15. The Morgan fingerprint density at radius 1 is 1.24 bits per heavy atom. The predicted molar refractivity (Wildman–Crippen MR) is 104 cm³/mol. The second-order valence-corrected chi connectivity index (χ2v) is 8.21. The fourth-order valence-corrected chi connectivity index (χ4v) is 3.87. The van der Waals surface area contributed by atoms with Crippen molar-refractivity contribution in [2.24, 2.45) is 11.4 Å². The van der Waals surface area contributed by atoms with Crippen LogP contribution in [0.15, 0.2) is 40.6 Å². The van der Waals surface area contributed by atoms with Crippen LogP contribution < -0.4 is 14.8 Å². The molecule has 1 aromatic carbocycles. The number of nitrogens with one attached hydrogen (secondary N) is 1. The van der Waals surface area contributed by atoms with Gasteiger partial charge in [0.15, 0.2) is 11.5 Å². The van der Waals surface area contributed by atoms with Gasteiger partial charge in [-0.1, -0.05) is 6.07 Å². The minimum absolute atomic E-state index is 0.0287. The summed E-state index contributed by atoms with van der Waals surface area (Å²) in [5.41, 5.74) is 2.22. The van der Waals surface area contributed by atoms with Crippen LogP contribution in [0.2, 0.25) is 0 Å². The highest BCUT2D eigenvalue weighted by Gasteiger charge is 2.30. The molecule has 3 heterocycles. The molecule has 0 saturated heterocycles. The third kappa shape index (κ3) is 3.44.